The van der Waals surface area contributed by atoms with E-state index in [-0.39, 0.29) is 12.5 Å². The number of hydrogen-bond acceptors (Lipinski definition) is 4. The number of carbonyl (C=O) groups is 3. The molecular weight excluding hydrogens is 356 g/mol. The van der Waals surface area contributed by atoms with Crippen LogP contribution in [-0.2, 0) is 9.59 Å². The second kappa shape index (κ2) is 8.98. The fraction of sp³-hybridized carbons (Fsp3) is 0.167. The SMILES string of the molecule is CN(CC(=O)Nc1ccc(Cl)cc1)[C@@H](C(=O)NC(N)=O)c1ccccc1. The summed E-state index contributed by atoms with van der Waals surface area (Å²) in [4.78, 5) is 37.2. The van der Waals surface area contributed by atoms with E-state index in [0.717, 1.165) is 0 Å². The van der Waals surface area contributed by atoms with E-state index >= 15 is 0 Å². The minimum Gasteiger partial charge on any atom is -0.351 e. The van der Waals surface area contributed by atoms with Crippen LogP contribution < -0.4 is 16.4 Å². The molecular formula is C18H19ClN4O3. The maximum atomic E-state index is 12.4. The van der Waals surface area contributed by atoms with Crippen LogP contribution in [0.4, 0.5) is 10.5 Å². The molecule has 0 heterocycles. The highest BCUT2D eigenvalue weighted by Gasteiger charge is 2.27. The van der Waals surface area contributed by atoms with E-state index in [1.165, 1.54) is 4.90 Å². The molecule has 136 valence electrons. The lowest BCUT2D eigenvalue weighted by Gasteiger charge is -2.26. The van der Waals surface area contributed by atoms with Gasteiger partial charge < -0.3 is 11.1 Å². The van der Waals surface area contributed by atoms with Crippen LogP contribution in [0.15, 0.2) is 54.6 Å². The molecule has 0 unspecified atom stereocenters. The molecule has 0 bridgehead atoms. The fourth-order valence-electron chi connectivity index (χ4n) is 2.48. The zero-order chi connectivity index (χ0) is 19.1. The third kappa shape index (κ3) is 5.58. The topological polar surface area (TPSA) is 105 Å². The Kier molecular flexibility index (Phi) is 6.71. The number of carbonyl (C=O) groups excluding carboxylic acids is 3. The Morgan fingerprint density at radius 2 is 1.69 bits per heavy atom. The first-order chi connectivity index (χ1) is 12.4. The molecule has 0 aromatic heterocycles. The van der Waals surface area contributed by atoms with Crippen molar-refractivity contribution in [1.82, 2.24) is 10.2 Å². The maximum absolute atomic E-state index is 12.4. The number of amides is 4. The fourth-order valence-corrected chi connectivity index (χ4v) is 2.61. The minimum absolute atomic E-state index is 0.0750. The molecule has 0 aliphatic rings. The number of likely N-dealkylation sites (N-methyl/N-ethyl adjacent to an activating group) is 1. The molecule has 1 atom stereocenters. The normalized spacial score (nSPS) is 11.7. The lowest BCUT2D eigenvalue weighted by atomic mass is 10.0. The van der Waals surface area contributed by atoms with Crippen molar-refractivity contribution in [1.29, 1.82) is 0 Å². The number of nitrogens with one attached hydrogen (secondary N) is 2. The van der Waals surface area contributed by atoms with Gasteiger partial charge >= 0.3 is 6.03 Å². The molecule has 0 saturated carbocycles. The molecule has 4 amide bonds. The first-order valence-electron chi connectivity index (χ1n) is 7.77. The average molecular weight is 375 g/mol. The van der Waals surface area contributed by atoms with Gasteiger partial charge in [0.25, 0.3) is 0 Å². The van der Waals surface area contributed by atoms with Gasteiger partial charge in [-0.2, -0.15) is 0 Å². The number of hydrogen-bond donors (Lipinski definition) is 3. The van der Waals surface area contributed by atoms with Gasteiger partial charge in [0.2, 0.25) is 11.8 Å². The first-order valence-corrected chi connectivity index (χ1v) is 8.15. The summed E-state index contributed by atoms with van der Waals surface area (Å²) < 4.78 is 0. The van der Waals surface area contributed by atoms with Crippen molar-refractivity contribution < 1.29 is 14.4 Å². The Morgan fingerprint density at radius 3 is 2.27 bits per heavy atom. The molecule has 0 aliphatic carbocycles. The third-order valence-electron chi connectivity index (χ3n) is 3.57. The number of urea groups is 1. The van der Waals surface area contributed by atoms with Crippen LogP contribution in [0.2, 0.25) is 5.02 Å². The summed E-state index contributed by atoms with van der Waals surface area (Å²) in [5.41, 5.74) is 6.27. The highest BCUT2D eigenvalue weighted by Crippen LogP contribution is 2.20. The van der Waals surface area contributed by atoms with Gasteiger partial charge in [-0.1, -0.05) is 41.9 Å². The molecule has 8 heteroatoms. The summed E-state index contributed by atoms with van der Waals surface area (Å²) >= 11 is 5.82. The number of benzene rings is 2. The van der Waals surface area contributed by atoms with Gasteiger partial charge in [-0.15, -0.1) is 0 Å². The molecule has 0 saturated heterocycles. The Labute approximate surface area is 156 Å². The number of nitrogens with two attached hydrogens (primary N) is 1. The molecule has 2 rings (SSSR count). The van der Waals surface area contributed by atoms with Crippen LogP contribution in [0.25, 0.3) is 0 Å². The average Bonchev–Trinajstić information content (AvgIpc) is 2.57. The van der Waals surface area contributed by atoms with Crippen molar-refractivity contribution in [2.45, 2.75) is 6.04 Å². The quantitative estimate of drug-likeness (QED) is 0.720. The zero-order valence-corrected chi connectivity index (χ0v) is 14.9. The van der Waals surface area contributed by atoms with Crippen molar-refractivity contribution in [3.05, 3.63) is 65.2 Å². The van der Waals surface area contributed by atoms with E-state index in [2.05, 4.69) is 10.6 Å². The highest BCUT2D eigenvalue weighted by molar-refractivity contribution is 6.30. The largest absolute Gasteiger partial charge is 0.351 e. The van der Waals surface area contributed by atoms with Gasteiger partial charge in [0, 0.05) is 10.7 Å². The summed E-state index contributed by atoms with van der Waals surface area (Å²) in [7, 11) is 1.61. The van der Waals surface area contributed by atoms with Crippen LogP contribution in [-0.4, -0.2) is 36.3 Å². The predicted molar refractivity (Wildman–Crippen MR) is 99.6 cm³/mol. The highest BCUT2D eigenvalue weighted by atomic mass is 35.5. The van der Waals surface area contributed by atoms with E-state index in [0.29, 0.717) is 16.3 Å². The van der Waals surface area contributed by atoms with E-state index in [1.54, 1.807) is 61.6 Å². The van der Waals surface area contributed by atoms with Crippen molar-refractivity contribution >= 4 is 35.1 Å². The Bertz CT molecular complexity index is 781. The lowest BCUT2D eigenvalue weighted by Crippen LogP contribution is -2.45. The Morgan fingerprint density at radius 1 is 1.08 bits per heavy atom. The lowest BCUT2D eigenvalue weighted by molar-refractivity contribution is -0.126. The zero-order valence-electron chi connectivity index (χ0n) is 14.1. The van der Waals surface area contributed by atoms with E-state index in [4.69, 9.17) is 17.3 Å². The molecule has 0 spiro atoms. The number of nitrogens with zero attached hydrogens (tertiary/aromatic N) is 1. The van der Waals surface area contributed by atoms with Crippen LogP contribution >= 0.6 is 11.6 Å². The van der Waals surface area contributed by atoms with Crippen molar-refractivity contribution in [3.63, 3.8) is 0 Å². The summed E-state index contributed by atoms with van der Waals surface area (Å²) in [6, 6.07) is 13.7. The Balaban J connectivity index is 2.11. The number of rotatable bonds is 6. The molecule has 0 fully saturated rings. The van der Waals surface area contributed by atoms with Gasteiger partial charge in [-0.3, -0.25) is 19.8 Å². The second-order valence-corrected chi connectivity index (χ2v) is 6.07. The van der Waals surface area contributed by atoms with E-state index in [1.807, 2.05) is 0 Å². The van der Waals surface area contributed by atoms with Gasteiger partial charge in [0.05, 0.1) is 6.54 Å². The Hall–Kier alpha value is -2.90. The number of halogens is 1. The molecule has 2 aromatic carbocycles. The molecule has 7 nitrogen and oxygen atoms in total. The third-order valence-corrected chi connectivity index (χ3v) is 3.82. The predicted octanol–water partition coefficient (Wildman–Crippen LogP) is 2.15. The first kappa shape index (κ1) is 19.4. The van der Waals surface area contributed by atoms with E-state index in [9.17, 15) is 14.4 Å². The summed E-state index contributed by atoms with van der Waals surface area (Å²) in [6.45, 7) is -0.0750. The summed E-state index contributed by atoms with van der Waals surface area (Å²) in [5.74, 6) is -0.923. The van der Waals surface area contributed by atoms with Gasteiger partial charge in [0.15, 0.2) is 0 Å². The standard InChI is InChI=1S/C18H19ClN4O3/c1-23(11-15(24)21-14-9-7-13(19)8-10-14)16(17(25)22-18(20)26)12-5-3-2-4-6-12/h2-10,16H,11H2,1H3,(H,21,24)(H3,20,22,25,26)/t16-/m1/s1. The van der Waals surface area contributed by atoms with Crippen LogP contribution in [0.1, 0.15) is 11.6 Å². The minimum atomic E-state index is -0.949. The van der Waals surface area contributed by atoms with Crippen LogP contribution in [0.5, 0.6) is 0 Å². The second-order valence-electron chi connectivity index (χ2n) is 5.64. The molecule has 0 radical (unpaired) electrons. The monoisotopic (exact) mass is 374 g/mol. The molecule has 26 heavy (non-hydrogen) atoms. The number of anilines is 1. The molecule has 0 aliphatic heterocycles. The smallest absolute Gasteiger partial charge is 0.318 e. The number of imide groups is 1. The van der Waals surface area contributed by atoms with E-state index < -0.39 is 18.0 Å². The van der Waals surface area contributed by atoms with Gasteiger partial charge in [-0.25, -0.2) is 4.79 Å². The van der Waals surface area contributed by atoms with Crippen LogP contribution in [0, 0.1) is 0 Å². The summed E-state index contributed by atoms with van der Waals surface area (Å²) in [6.07, 6.45) is 0. The van der Waals surface area contributed by atoms with Crippen molar-refractivity contribution in [3.8, 4) is 0 Å². The number of primary amides is 1. The summed E-state index contributed by atoms with van der Waals surface area (Å²) in [5, 5.41) is 5.35. The van der Waals surface area contributed by atoms with Gasteiger partial charge in [-0.05, 0) is 36.9 Å². The molecule has 4 N–H and O–H groups in total. The molecule has 2 aromatic rings. The maximum Gasteiger partial charge on any atom is 0.318 e. The van der Waals surface area contributed by atoms with Crippen LogP contribution in [0.3, 0.4) is 0 Å². The van der Waals surface area contributed by atoms with Crippen molar-refractivity contribution in [2.75, 3.05) is 18.9 Å². The van der Waals surface area contributed by atoms with Gasteiger partial charge in [0.1, 0.15) is 6.04 Å². The van der Waals surface area contributed by atoms with Crippen molar-refractivity contribution in [2.24, 2.45) is 5.73 Å².